The zero-order chi connectivity index (χ0) is 19.6. The molecule has 9 heteroatoms. The molecule has 27 heavy (non-hydrogen) atoms. The highest BCUT2D eigenvalue weighted by atomic mass is 16.5. The van der Waals surface area contributed by atoms with Gasteiger partial charge in [-0.1, -0.05) is 0 Å². The first kappa shape index (κ1) is 24.7. The van der Waals surface area contributed by atoms with E-state index in [2.05, 4.69) is 14.7 Å². The van der Waals surface area contributed by atoms with E-state index in [1.165, 1.54) is 0 Å². The minimum absolute atomic E-state index is 0.571. The molecule has 0 bridgehead atoms. The van der Waals surface area contributed by atoms with Crippen molar-refractivity contribution in [3.05, 3.63) is 0 Å². The molecule has 1 heterocycles. The van der Waals surface area contributed by atoms with Crippen LogP contribution >= 0.6 is 0 Å². The van der Waals surface area contributed by atoms with Crippen LogP contribution in [0.4, 0.5) is 0 Å². The Balaban J connectivity index is 2.18. The fourth-order valence-electron chi connectivity index (χ4n) is 2.99. The second-order valence-electron chi connectivity index (χ2n) is 6.73. The lowest BCUT2D eigenvalue weighted by molar-refractivity contribution is 0.0598. The third-order valence-corrected chi connectivity index (χ3v) is 4.64. The number of hydrogen-bond donors (Lipinski definition) is 3. The van der Waals surface area contributed by atoms with E-state index in [1.807, 2.05) is 0 Å². The average Bonchev–Trinajstić information content (AvgIpc) is 2.70. The van der Waals surface area contributed by atoms with Crippen LogP contribution in [-0.2, 0) is 14.2 Å². The summed E-state index contributed by atoms with van der Waals surface area (Å²) in [5.74, 6) is 0. The summed E-state index contributed by atoms with van der Waals surface area (Å²) in [6.45, 7) is 15.2. The van der Waals surface area contributed by atoms with Crippen molar-refractivity contribution >= 4 is 0 Å². The van der Waals surface area contributed by atoms with Gasteiger partial charge in [0.1, 0.15) is 0 Å². The maximum Gasteiger partial charge on any atom is 0.0594 e. The number of piperazine rings is 1. The molecule has 0 aromatic carbocycles. The van der Waals surface area contributed by atoms with Crippen LogP contribution in [0, 0.1) is 0 Å². The van der Waals surface area contributed by atoms with Gasteiger partial charge in [-0.15, -0.1) is 0 Å². The summed E-state index contributed by atoms with van der Waals surface area (Å²) in [5, 5.41) is 0. The standard InChI is InChI=1S/C18H42N6O3/c19-1-13-25-16-10-23-7-4-22(5-8-23)6-9-24(11-17-26-14-2-20)12-18-27-15-3-21/h1-21H2. The molecule has 0 saturated carbocycles. The van der Waals surface area contributed by atoms with Gasteiger partial charge in [0.15, 0.2) is 0 Å². The van der Waals surface area contributed by atoms with E-state index in [4.69, 9.17) is 31.4 Å². The maximum atomic E-state index is 5.53. The van der Waals surface area contributed by atoms with Crippen molar-refractivity contribution in [1.29, 1.82) is 0 Å². The summed E-state index contributed by atoms with van der Waals surface area (Å²) in [6.07, 6.45) is 0. The molecule has 0 aromatic heterocycles. The Labute approximate surface area is 165 Å². The van der Waals surface area contributed by atoms with Crippen molar-refractivity contribution < 1.29 is 14.2 Å². The molecule has 0 spiro atoms. The third kappa shape index (κ3) is 13.4. The Kier molecular flexibility index (Phi) is 16.2. The Bertz CT molecular complexity index is 307. The average molecular weight is 391 g/mol. The van der Waals surface area contributed by atoms with Gasteiger partial charge in [0.25, 0.3) is 0 Å². The second-order valence-corrected chi connectivity index (χ2v) is 6.73. The first-order valence-electron chi connectivity index (χ1n) is 10.3. The summed E-state index contributed by atoms with van der Waals surface area (Å²) >= 11 is 0. The molecule has 0 amide bonds. The summed E-state index contributed by atoms with van der Waals surface area (Å²) < 4.78 is 16.5. The molecule has 6 N–H and O–H groups in total. The van der Waals surface area contributed by atoms with Crippen molar-refractivity contribution in [1.82, 2.24) is 14.7 Å². The van der Waals surface area contributed by atoms with Gasteiger partial charge in [0.05, 0.1) is 39.6 Å². The van der Waals surface area contributed by atoms with Crippen molar-refractivity contribution in [3.63, 3.8) is 0 Å². The van der Waals surface area contributed by atoms with Crippen molar-refractivity contribution in [3.8, 4) is 0 Å². The number of hydrogen-bond acceptors (Lipinski definition) is 9. The molecule has 1 aliphatic rings. The van der Waals surface area contributed by atoms with E-state index >= 15 is 0 Å². The molecule has 1 saturated heterocycles. The zero-order valence-electron chi connectivity index (χ0n) is 17.0. The molecular formula is C18H42N6O3. The van der Waals surface area contributed by atoms with Gasteiger partial charge in [-0.25, -0.2) is 0 Å². The molecule has 0 unspecified atom stereocenters. The van der Waals surface area contributed by atoms with E-state index in [9.17, 15) is 0 Å². The van der Waals surface area contributed by atoms with E-state index in [1.54, 1.807) is 0 Å². The van der Waals surface area contributed by atoms with Crippen molar-refractivity contribution in [2.75, 3.05) is 118 Å². The highest BCUT2D eigenvalue weighted by molar-refractivity contribution is 4.73. The largest absolute Gasteiger partial charge is 0.379 e. The first-order valence-corrected chi connectivity index (χ1v) is 10.3. The monoisotopic (exact) mass is 390 g/mol. The fourth-order valence-corrected chi connectivity index (χ4v) is 2.99. The fraction of sp³-hybridized carbons (Fsp3) is 1.00. The van der Waals surface area contributed by atoms with Gasteiger partial charge in [-0.05, 0) is 0 Å². The molecule has 0 radical (unpaired) electrons. The SMILES string of the molecule is NCCOCCN(CCOCCN)CCN1CCN(CCOCCN)CC1. The summed E-state index contributed by atoms with van der Waals surface area (Å²) in [4.78, 5) is 7.40. The van der Waals surface area contributed by atoms with Crippen LogP contribution < -0.4 is 17.2 Å². The molecule has 9 nitrogen and oxygen atoms in total. The molecule has 1 rings (SSSR count). The lowest BCUT2D eigenvalue weighted by atomic mass is 10.3. The lowest BCUT2D eigenvalue weighted by Crippen LogP contribution is -2.49. The maximum absolute atomic E-state index is 5.53. The van der Waals surface area contributed by atoms with Crippen molar-refractivity contribution in [2.45, 2.75) is 0 Å². The number of nitrogens with zero attached hydrogens (tertiary/aromatic N) is 3. The van der Waals surface area contributed by atoms with Crippen LogP contribution in [0.15, 0.2) is 0 Å². The highest BCUT2D eigenvalue weighted by Crippen LogP contribution is 2.02. The van der Waals surface area contributed by atoms with Crippen LogP contribution in [0.2, 0.25) is 0 Å². The van der Waals surface area contributed by atoms with Crippen molar-refractivity contribution in [2.24, 2.45) is 17.2 Å². The van der Waals surface area contributed by atoms with Gasteiger partial charge >= 0.3 is 0 Å². The molecule has 0 aliphatic carbocycles. The molecule has 162 valence electrons. The Hall–Kier alpha value is -0.360. The Morgan fingerprint density at radius 2 is 1.00 bits per heavy atom. The number of rotatable bonds is 18. The number of ether oxygens (including phenoxy) is 3. The van der Waals surface area contributed by atoms with E-state index in [-0.39, 0.29) is 0 Å². The quantitative estimate of drug-likeness (QED) is 0.225. The summed E-state index contributed by atoms with van der Waals surface area (Å²) in [6, 6.07) is 0. The smallest absolute Gasteiger partial charge is 0.0594 e. The predicted molar refractivity (Wildman–Crippen MR) is 109 cm³/mol. The minimum atomic E-state index is 0.571. The Morgan fingerprint density at radius 3 is 1.48 bits per heavy atom. The molecule has 0 aromatic rings. The highest BCUT2D eigenvalue weighted by Gasteiger charge is 2.17. The van der Waals surface area contributed by atoms with E-state index in [0.717, 1.165) is 65.5 Å². The normalized spacial score (nSPS) is 16.4. The summed E-state index contributed by atoms with van der Waals surface area (Å²) in [7, 11) is 0. The van der Waals surface area contributed by atoms with E-state index < -0.39 is 0 Å². The first-order chi connectivity index (χ1) is 13.3. The Morgan fingerprint density at radius 1 is 0.556 bits per heavy atom. The summed E-state index contributed by atoms with van der Waals surface area (Å²) in [5.41, 5.74) is 16.4. The van der Waals surface area contributed by atoms with Gasteiger partial charge in [0, 0.05) is 78.5 Å². The van der Waals surface area contributed by atoms with Crippen LogP contribution in [0.1, 0.15) is 0 Å². The van der Waals surface area contributed by atoms with Crippen LogP contribution in [0.3, 0.4) is 0 Å². The minimum Gasteiger partial charge on any atom is -0.379 e. The van der Waals surface area contributed by atoms with Crippen LogP contribution in [0.5, 0.6) is 0 Å². The van der Waals surface area contributed by atoms with Gasteiger partial charge < -0.3 is 31.4 Å². The predicted octanol–water partition coefficient (Wildman–Crippen LogP) is -2.17. The van der Waals surface area contributed by atoms with Crippen LogP contribution in [-0.4, -0.2) is 133 Å². The van der Waals surface area contributed by atoms with Crippen LogP contribution in [0.25, 0.3) is 0 Å². The number of nitrogens with two attached hydrogens (primary N) is 3. The van der Waals surface area contributed by atoms with Gasteiger partial charge in [0.2, 0.25) is 0 Å². The topological polar surface area (TPSA) is 115 Å². The molecule has 1 fully saturated rings. The molecule has 0 atom stereocenters. The van der Waals surface area contributed by atoms with Gasteiger partial charge in [-0.3, -0.25) is 14.7 Å². The molecule has 1 aliphatic heterocycles. The zero-order valence-corrected chi connectivity index (χ0v) is 17.0. The van der Waals surface area contributed by atoms with Gasteiger partial charge in [-0.2, -0.15) is 0 Å². The lowest BCUT2D eigenvalue weighted by Gasteiger charge is -2.35. The third-order valence-electron chi connectivity index (χ3n) is 4.64. The molecular weight excluding hydrogens is 348 g/mol. The second kappa shape index (κ2) is 17.7. The van der Waals surface area contributed by atoms with E-state index in [0.29, 0.717) is 52.7 Å².